The average Bonchev–Trinajstić information content (AvgIpc) is 2.41. The van der Waals surface area contributed by atoms with Crippen molar-refractivity contribution < 1.29 is 9.47 Å². The molecule has 1 saturated heterocycles. The molecule has 1 N–H and O–H groups in total. The third-order valence-corrected chi connectivity index (χ3v) is 2.47. The summed E-state index contributed by atoms with van der Waals surface area (Å²) in [7, 11) is 1.66. The van der Waals surface area contributed by atoms with Gasteiger partial charge in [0.1, 0.15) is 0 Å². The van der Waals surface area contributed by atoms with E-state index in [0.717, 1.165) is 32.1 Å². The largest absolute Gasteiger partial charge is 0.383 e. The summed E-state index contributed by atoms with van der Waals surface area (Å²) >= 11 is 0. The molecule has 94 valence electrons. The second kappa shape index (κ2) is 6.31. The fraction of sp³-hybridized carbons (Fsp3) is 0.700. The summed E-state index contributed by atoms with van der Waals surface area (Å²) in [5.74, 6) is 1.37. The van der Waals surface area contributed by atoms with Gasteiger partial charge < -0.3 is 19.7 Å². The molecule has 0 unspecified atom stereocenters. The van der Waals surface area contributed by atoms with Crippen molar-refractivity contribution in [3.05, 3.63) is 6.20 Å². The van der Waals surface area contributed by atoms with Crippen LogP contribution in [0.25, 0.3) is 0 Å². The molecule has 7 heteroatoms. The molecule has 1 aromatic heterocycles. The summed E-state index contributed by atoms with van der Waals surface area (Å²) in [4.78, 5) is 6.54. The van der Waals surface area contributed by atoms with Crippen molar-refractivity contribution >= 4 is 11.8 Å². The zero-order valence-corrected chi connectivity index (χ0v) is 9.93. The van der Waals surface area contributed by atoms with Gasteiger partial charge in [-0.05, 0) is 0 Å². The van der Waals surface area contributed by atoms with Gasteiger partial charge in [0, 0.05) is 26.7 Å². The molecule has 0 spiro atoms. The summed E-state index contributed by atoms with van der Waals surface area (Å²) in [6.45, 7) is 4.44. The van der Waals surface area contributed by atoms with E-state index in [1.165, 1.54) is 0 Å². The maximum Gasteiger partial charge on any atom is 0.244 e. The normalized spacial score (nSPS) is 15.9. The van der Waals surface area contributed by atoms with Gasteiger partial charge in [0.2, 0.25) is 5.95 Å². The lowest BCUT2D eigenvalue weighted by Crippen LogP contribution is -2.37. The number of methoxy groups -OCH3 is 1. The molecule has 0 aliphatic carbocycles. The molecular formula is C10H17N5O2. The van der Waals surface area contributed by atoms with Gasteiger partial charge in [0.15, 0.2) is 5.82 Å². The van der Waals surface area contributed by atoms with E-state index in [-0.39, 0.29) is 0 Å². The van der Waals surface area contributed by atoms with E-state index < -0.39 is 0 Å². The minimum Gasteiger partial charge on any atom is -0.383 e. The van der Waals surface area contributed by atoms with Gasteiger partial charge in [-0.2, -0.15) is 10.1 Å². The molecule has 1 aliphatic heterocycles. The number of nitrogens with zero attached hydrogens (tertiary/aromatic N) is 4. The first-order valence-corrected chi connectivity index (χ1v) is 5.65. The molecule has 0 amide bonds. The SMILES string of the molecule is COCCNc1nncc(N2CCOCC2)n1. The fourth-order valence-electron chi connectivity index (χ4n) is 1.58. The third-order valence-electron chi connectivity index (χ3n) is 2.47. The van der Waals surface area contributed by atoms with E-state index in [1.54, 1.807) is 13.3 Å². The number of rotatable bonds is 5. The van der Waals surface area contributed by atoms with Crippen molar-refractivity contribution in [1.82, 2.24) is 15.2 Å². The van der Waals surface area contributed by atoms with Crippen LogP contribution in [-0.4, -0.2) is 61.7 Å². The Labute approximate surface area is 100 Å². The van der Waals surface area contributed by atoms with Crippen molar-refractivity contribution in [1.29, 1.82) is 0 Å². The van der Waals surface area contributed by atoms with Gasteiger partial charge in [-0.1, -0.05) is 0 Å². The molecule has 1 fully saturated rings. The van der Waals surface area contributed by atoms with E-state index in [1.807, 2.05) is 0 Å². The maximum absolute atomic E-state index is 5.29. The summed E-state index contributed by atoms with van der Waals surface area (Å²) in [6, 6.07) is 0. The topological polar surface area (TPSA) is 72.4 Å². The molecule has 0 atom stereocenters. The van der Waals surface area contributed by atoms with Crippen molar-refractivity contribution in [2.45, 2.75) is 0 Å². The third kappa shape index (κ3) is 3.50. The van der Waals surface area contributed by atoms with E-state index in [4.69, 9.17) is 9.47 Å². The fourth-order valence-corrected chi connectivity index (χ4v) is 1.58. The summed E-state index contributed by atoms with van der Waals surface area (Å²) in [5, 5.41) is 10.9. The van der Waals surface area contributed by atoms with Gasteiger partial charge in [-0.3, -0.25) is 0 Å². The predicted molar refractivity (Wildman–Crippen MR) is 63.2 cm³/mol. The van der Waals surface area contributed by atoms with Crippen LogP contribution in [0.2, 0.25) is 0 Å². The van der Waals surface area contributed by atoms with Crippen LogP contribution in [0, 0.1) is 0 Å². The summed E-state index contributed by atoms with van der Waals surface area (Å²) in [6.07, 6.45) is 1.67. The number of aromatic nitrogens is 3. The highest BCUT2D eigenvalue weighted by atomic mass is 16.5. The molecule has 17 heavy (non-hydrogen) atoms. The van der Waals surface area contributed by atoms with Gasteiger partial charge in [-0.15, -0.1) is 5.10 Å². The van der Waals surface area contributed by atoms with Crippen LogP contribution in [0.1, 0.15) is 0 Å². The summed E-state index contributed by atoms with van der Waals surface area (Å²) < 4.78 is 10.2. The Balaban J connectivity index is 1.95. The smallest absolute Gasteiger partial charge is 0.244 e. The number of morpholine rings is 1. The van der Waals surface area contributed by atoms with Crippen LogP contribution in [0.5, 0.6) is 0 Å². The first kappa shape index (κ1) is 12.0. The van der Waals surface area contributed by atoms with Gasteiger partial charge >= 0.3 is 0 Å². The van der Waals surface area contributed by atoms with Crippen molar-refractivity contribution in [2.75, 3.05) is 56.8 Å². The number of ether oxygens (including phenoxy) is 2. The van der Waals surface area contributed by atoms with Crippen molar-refractivity contribution in [2.24, 2.45) is 0 Å². The number of anilines is 2. The highest BCUT2D eigenvalue weighted by Crippen LogP contribution is 2.11. The zero-order valence-electron chi connectivity index (χ0n) is 9.93. The lowest BCUT2D eigenvalue weighted by Gasteiger charge is -2.27. The van der Waals surface area contributed by atoms with E-state index in [9.17, 15) is 0 Å². The second-order valence-electron chi connectivity index (χ2n) is 3.66. The van der Waals surface area contributed by atoms with Crippen LogP contribution in [0.3, 0.4) is 0 Å². The van der Waals surface area contributed by atoms with E-state index in [0.29, 0.717) is 19.1 Å². The van der Waals surface area contributed by atoms with Crippen molar-refractivity contribution in [3.63, 3.8) is 0 Å². The highest BCUT2D eigenvalue weighted by Gasteiger charge is 2.13. The molecule has 0 radical (unpaired) electrons. The molecular weight excluding hydrogens is 222 g/mol. The predicted octanol–water partition coefficient (Wildman–Crippen LogP) is -0.233. The molecule has 1 aliphatic rings. The van der Waals surface area contributed by atoms with E-state index >= 15 is 0 Å². The van der Waals surface area contributed by atoms with E-state index in [2.05, 4.69) is 25.4 Å². The van der Waals surface area contributed by atoms with Crippen molar-refractivity contribution in [3.8, 4) is 0 Å². The lowest BCUT2D eigenvalue weighted by atomic mass is 10.4. The van der Waals surface area contributed by atoms with Crippen LogP contribution < -0.4 is 10.2 Å². The molecule has 0 bridgehead atoms. The van der Waals surface area contributed by atoms with Crippen LogP contribution in [0.15, 0.2) is 6.20 Å². The Hall–Kier alpha value is -1.47. The zero-order chi connectivity index (χ0) is 11.9. The van der Waals surface area contributed by atoms with Crippen LogP contribution >= 0.6 is 0 Å². The molecule has 0 saturated carbocycles. The Morgan fingerprint density at radius 2 is 2.29 bits per heavy atom. The van der Waals surface area contributed by atoms with Gasteiger partial charge in [0.25, 0.3) is 0 Å². The first-order valence-electron chi connectivity index (χ1n) is 5.65. The summed E-state index contributed by atoms with van der Waals surface area (Å²) in [5.41, 5.74) is 0. The number of hydrogen-bond donors (Lipinski definition) is 1. The average molecular weight is 239 g/mol. The van der Waals surface area contributed by atoms with Gasteiger partial charge in [0.05, 0.1) is 26.0 Å². The minimum atomic E-state index is 0.533. The molecule has 0 aromatic carbocycles. The number of hydrogen-bond acceptors (Lipinski definition) is 7. The lowest BCUT2D eigenvalue weighted by molar-refractivity contribution is 0.122. The number of nitrogens with one attached hydrogen (secondary N) is 1. The monoisotopic (exact) mass is 239 g/mol. The van der Waals surface area contributed by atoms with Crippen LogP contribution in [0.4, 0.5) is 11.8 Å². The van der Waals surface area contributed by atoms with Gasteiger partial charge in [-0.25, -0.2) is 0 Å². The molecule has 2 rings (SSSR count). The molecule has 7 nitrogen and oxygen atoms in total. The maximum atomic E-state index is 5.29. The first-order chi connectivity index (χ1) is 8.40. The Morgan fingerprint density at radius 1 is 1.47 bits per heavy atom. The molecule has 1 aromatic rings. The molecule has 2 heterocycles. The quantitative estimate of drug-likeness (QED) is 0.711. The second-order valence-corrected chi connectivity index (χ2v) is 3.66. The standard InChI is InChI=1S/C10H17N5O2/c1-16-5-2-11-10-13-9(8-12-14-10)15-3-6-17-7-4-15/h8H,2-7H2,1H3,(H,11,13,14). The van der Waals surface area contributed by atoms with Crippen LogP contribution in [-0.2, 0) is 9.47 Å². The Kier molecular flexibility index (Phi) is 4.45. The Bertz CT molecular complexity index is 343. The highest BCUT2D eigenvalue weighted by molar-refractivity contribution is 5.40. The minimum absolute atomic E-state index is 0.533. The Morgan fingerprint density at radius 3 is 3.06 bits per heavy atom.